The highest BCUT2D eigenvalue weighted by Crippen LogP contribution is 1.84. The average molecular weight is 163 g/mol. The smallest absolute Gasteiger partial charge is 0.409 e. The van der Waals surface area contributed by atoms with Gasteiger partial charge in [0.15, 0.2) is 0 Å². The number of ether oxygens (including phenoxy) is 1. The van der Waals surface area contributed by atoms with Gasteiger partial charge < -0.3 is 14.7 Å². The van der Waals surface area contributed by atoms with Gasteiger partial charge in [-0.3, -0.25) is 0 Å². The molecule has 0 saturated carbocycles. The van der Waals surface area contributed by atoms with E-state index in [-0.39, 0.29) is 6.61 Å². The molecule has 4 heteroatoms. The second kappa shape index (κ2) is 9.23. The van der Waals surface area contributed by atoms with Crippen molar-refractivity contribution in [2.45, 2.75) is 13.8 Å². The molecule has 0 unspecified atom stereocenters. The van der Waals surface area contributed by atoms with E-state index in [4.69, 9.17) is 5.11 Å². The summed E-state index contributed by atoms with van der Waals surface area (Å²) < 4.78 is 4.34. The molecule has 1 N–H and O–H groups in total. The topological polar surface area (TPSA) is 49.8 Å². The number of aliphatic hydroxyl groups is 1. The highest BCUT2D eigenvalue weighted by Gasteiger charge is 2.04. The molecule has 11 heavy (non-hydrogen) atoms. The first-order valence-electron chi connectivity index (χ1n) is 3.62. The zero-order valence-corrected chi connectivity index (χ0v) is 7.63. The van der Waals surface area contributed by atoms with E-state index in [1.165, 1.54) is 12.0 Å². The van der Waals surface area contributed by atoms with Gasteiger partial charge in [0.1, 0.15) is 0 Å². The van der Waals surface area contributed by atoms with Crippen LogP contribution in [0.3, 0.4) is 0 Å². The third-order valence-corrected chi connectivity index (χ3v) is 0.922. The number of carbonyl (C=O) groups excluding carboxylic acids is 1. The molecule has 0 bridgehead atoms. The monoisotopic (exact) mass is 163 g/mol. The molecule has 0 heterocycles. The van der Waals surface area contributed by atoms with Gasteiger partial charge in [0.05, 0.1) is 13.7 Å². The lowest BCUT2D eigenvalue weighted by Crippen LogP contribution is -2.29. The van der Waals surface area contributed by atoms with Crippen LogP contribution in [0.2, 0.25) is 0 Å². The van der Waals surface area contributed by atoms with E-state index >= 15 is 0 Å². The third kappa shape index (κ3) is 7.12. The van der Waals surface area contributed by atoms with Gasteiger partial charge in [-0.1, -0.05) is 13.8 Å². The van der Waals surface area contributed by atoms with Crippen molar-refractivity contribution in [1.29, 1.82) is 0 Å². The number of rotatable bonds is 2. The van der Waals surface area contributed by atoms with Gasteiger partial charge in [-0.25, -0.2) is 4.79 Å². The average Bonchev–Trinajstić information content (AvgIpc) is 2.07. The summed E-state index contributed by atoms with van der Waals surface area (Å²) in [5.74, 6) is 0. The number of carbonyl (C=O) groups is 1. The van der Waals surface area contributed by atoms with Crippen LogP contribution in [-0.4, -0.2) is 43.4 Å². The fourth-order valence-electron chi connectivity index (χ4n) is 0.397. The summed E-state index contributed by atoms with van der Waals surface area (Å²) >= 11 is 0. The minimum atomic E-state index is -0.427. The minimum absolute atomic E-state index is 0.0361. The number of nitrogens with zero attached hydrogens (tertiary/aromatic N) is 1. The number of likely N-dealkylation sites (N-methyl/N-ethyl adjacent to an activating group) is 1. The van der Waals surface area contributed by atoms with Crippen molar-refractivity contribution >= 4 is 6.09 Å². The maximum atomic E-state index is 10.5. The highest BCUT2D eigenvalue weighted by atomic mass is 16.5. The third-order valence-electron chi connectivity index (χ3n) is 0.922. The molecule has 0 radical (unpaired) electrons. The van der Waals surface area contributed by atoms with Crippen LogP contribution in [0.15, 0.2) is 0 Å². The predicted molar refractivity (Wildman–Crippen MR) is 43.5 cm³/mol. The van der Waals surface area contributed by atoms with Crippen LogP contribution in [0.1, 0.15) is 13.8 Å². The minimum Gasteiger partial charge on any atom is -0.453 e. The predicted octanol–water partition coefficient (Wildman–Crippen LogP) is 0.703. The summed E-state index contributed by atoms with van der Waals surface area (Å²) in [7, 11) is 2.86. The Kier molecular flexibility index (Phi) is 10.8. The van der Waals surface area contributed by atoms with Crippen molar-refractivity contribution in [3.8, 4) is 0 Å². The van der Waals surface area contributed by atoms with Crippen LogP contribution in [0.25, 0.3) is 0 Å². The summed E-state index contributed by atoms with van der Waals surface area (Å²) in [6.07, 6.45) is -0.427. The molecular formula is C7H17NO3. The summed E-state index contributed by atoms with van der Waals surface area (Å²) in [5, 5.41) is 8.33. The number of hydrogen-bond acceptors (Lipinski definition) is 3. The van der Waals surface area contributed by atoms with E-state index in [2.05, 4.69) is 4.74 Å². The molecule has 0 aliphatic carbocycles. The zero-order chi connectivity index (χ0) is 9.28. The Bertz CT molecular complexity index is 95.7. The van der Waals surface area contributed by atoms with Gasteiger partial charge in [0.2, 0.25) is 0 Å². The lowest BCUT2D eigenvalue weighted by Gasteiger charge is -2.12. The van der Waals surface area contributed by atoms with E-state index in [0.717, 1.165) is 0 Å². The van der Waals surface area contributed by atoms with Crippen molar-refractivity contribution in [2.24, 2.45) is 0 Å². The van der Waals surface area contributed by atoms with Crippen LogP contribution >= 0.6 is 0 Å². The van der Waals surface area contributed by atoms with Crippen LogP contribution in [0.4, 0.5) is 4.79 Å². The van der Waals surface area contributed by atoms with Crippen molar-refractivity contribution in [3.63, 3.8) is 0 Å². The first-order chi connectivity index (χ1) is 5.22. The van der Waals surface area contributed by atoms with Gasteiger partial charge >= 0.3 is 6.09 Å². The summed E-state index contributed by atoms with van der Waals surface area (Å²) in [6.45, 7) is 4.28. The fourth-order valence-corrected chi connectivity index (χ4v) is 0.397. The molecule has 0 fully saturated rings. The molecular weight excluding hydrogens is 146 g/mol. The normalized spacial score (nSPS) is 7.73. The number of methoxy groups -OCH3 is 1. The second-order valence-electron chi connectivity index (χ2n) is 1.62. The summed E-state index contributed by atoms with van der Waals surface area (Å²) in [4.78, 5) is 11.8. The maximum Gasteiger partial charge on any atom is 0.409 e. The van der Waals surface area contributed by atoms with Crippen molar-refractivity contribution < 1.29 is 14.6 Å². The van der Waals surface area contributed by atoms with E-state index in [0.29, 0.717) is 6.54 Å². The molecule has 0 aromatic heterocycles. The molecule has 0 saturated heterocycles. The van der Waals surface area contributed by atoms with E-state index < -0.39 is 6.09 Å². The summed E-state index contributed by atoms with van der Waals surface area (Å²) in [6, 6.07) is 0. The molecule has 4 nitrogen and oxygen atoms in total. The Balaban J connectivity index is 0. The van der Waals surface area contributed by atoms with Gasteiger partial charge in [-0.2, -0.15) is 0 Å². The largest absolute Gasteiger partial charge is 0.453 e. The summed E-state index contributed by atoms with van der Waals surface area (Å²) in [5.41, 5.74) is 0. The van der Waals surface area contributed by atoms with Gasteiger partial charge in [-0.15, -0.1) is 0 Å². The van der Waals surface area contributed by atoms with Gasteiger partial charge in [-0.05, 0) is 0 Å². The quantitative estimate of drug-likeness (QED) is 0.652. The Morgan fingerprint density at radius 1 is 1.55 bits per heavy atom. The highest BCUT2D eigenvalue weighted by molar-refractivity contribution is 5.66. The lowest BCUT2D eigenvalue weighted by molar-refractivity contribution is 0.124. The first kappa shape index (κ1) is 12.9. The Labute approximate surface area is 67.8 Å². The fraction of sp³-hybridized carbons (Fsp3) is 0.857. The standard InChI is InChI=1S/C5H11NO3.C2H6/c1-6(3-4-7)5(8)9-2;1-2/h7H,3-4H2,1-2H3;1-2H3. The van der Waals surface area contributed by atoms with E-state index in [1.807, 2.05) is 13.8 Å². The van der Waals surface area contributed by atoms with Crippen LogP contribution in [-0.2, 0) is 4.74 Å². The molecule has 0 aliphatic rings. The van der Waals surface area contributed by atoms with E-state index in [9.17, 15) is 4.79 Å². The van der Waals surface area contributed by atoms with Crippen molar-refractivity contribution in [3.05, 3.63) is 0 Å². The molecule has 0 aromatic carbocycles. The van der Waals surface area contributed by atoms with E-state index in [1.54, 1.807) is 7.05 Å². The Morgan fingerprint density at radius 3 is 2.27 bits per heavy atom. The number of amides is 1. The van der Waals surface area contributed by atoms with Crippen molar-refractivity contribution in [1.82, 2.24) is 4.90 Å². The molecule has 68 valence electrons. The second-order valence-corrected chi connectivity index (χ2v) is 1.62. The van der Waals surface area contributed by atoms with Gasteiger partial charge in [0.25, 0.3) is 0 Å². The molecule has 1 amide bonds. The van der Waals surface area contributed by atoms with Crippen molar-refractivity contribution in [2.75, 3.05) is 27.3 Å². The van der Waals surface area contributed by atoms with Crippen LogP contribution in [0, 0.1) is 0 Å². The number of aliphatic hydroxyl groups excluding tert-OH is 1. The molecule has 0 aromatic rings. The first-order valence-corrected chi connectivity index (χ1v) is 3.62. The molecule has 0 rings (SSSR count). The van der Waals surface area contributed by atoms with Crippen LogP contribution in [0.5, 0.6) is 0 Å². The SMILES string of the molecule is CC.COC(=O)N(C)CCO. The maximum absolute atomic E-state index is 10.5. The molecule has 0 atom stereocenters. The Hall–Kier alpha value is -0.770. The zero-order valence-electron chi connectivity index (χ0n) is 7.63. The lowest BCUT2D eigenvalue weighted by atomic mass is 10.6. The van der Waals surface area contributed by atoms with Crippen LogP contribution < -0.4 is 0 Å². The molecule has 0 aliphatic heterocycles. The van der Waals surface area contributed by atoms with Gasteiger partial charge in [0, 0.05) is 13.6 Å². The number of hydrogen-bond donors (Lipinski definition) is 1. The Morgan fingerprint density at radius 2 is 2.00 bits per heavy atom. The molecule has 0 spiro atoms.